The van der Waals surface area contributed by atoms with E-state index in [1.165, 1.54) is 11.3 Å². The molecule has 2 N–H and O–H groups in total. The molecule has 0 fully saturated rings. The fourth-order valence-electron chi connectivity index (χ4n) is 2.93. The van der Waals surface area contributed by atoms with Gasteiger partial charge >= 0.3 is 5.97 Å². The van der Waals surface area contributed by atoms with Crippen LogP contribution in [0.1, 0.15) is 17.7 Å². The van der Waals surface area contributed by atoms with Crippen molar-refractivity contribution in [1.29, 1.82) is 0 Å². The number of aryl methyl sites for hydroxylation is 1. The number of aliphatic carboxylic acids is 1. The number of carboxylic acid groups (broad SMARTS) is 1. The van der Waals surface area contributed by atoms with Gasteiger partial charge in [0.2, 0.25) is 5.91 Å². The minimum Gasteiger partial charge on any atom is -0.481 e. The number of carboxylic acids is 1. The third-order valence-electron chi connectivity index (χ3n) is 4.21. The molecule has 0 aliphatic heterocycles. The van der Waals surface area contributed by atoms with Crippen LogP contribution in [0.25, 0.3) is 11.3 Å². The minimum absolute atomic E-state index is 0.303. The van der Waals surface area contributed by atoms with E-state index in [0.29, 0.717) is 23.0 Å². The van der Waals surface area contributed by atoms with Crippen molar-refractivity contribution in [2.75, 3.05) is 5.32 Å². The van der Waals surface area contributed by atoms with Crippen LogP contribution in [0.2, 0.25) is 5.02 Å². The standard InChI is InChI=1S/C18H17ClN2O3S/c1-10-15(11-5-4-6-12(19)9-11)20-18(25-10)21-16(22)13-7-2-3-8-14(13)17(23)24/h2-6,9,13-14H,7-8H2,1H3,(H,23,24)(H,20,21,22). The number of halogens is 1. The lowest BCUT2D eigenvalue weighted by Gasteiger charge is -2.23. The van der Waals surface area contributed by atoms with Gasteiger partial charge in [-0.25, -0.2) is 4.98 Å². The summed E-state index contributed by atoms with van der Waals surface area (Å²) in [6.45, 7) is 1.92. The largest absolute Gasteiger partial charge is 0.481 e. The quantitative estimate of drug-likeness (QED) is 0.776. The van der Waals surface area contributed by atoms with Gasteiger partial charge in [0, 0.05) is 15.5 Å². The Bertz CT molecular complexity index is 847. The van der Waals surface area contributed by atoms with Crippen LogP contribution in [0.5, 0.6) is 0 Å². The molecule has 2 atom stereocenters. The summed E-state index contributed by atoms with van der Waals surface area (Å²) in [5, 5.41) is 13.2. The number of thiazole rings is 1. The number of hydrogen-bond donors (Lipinski definition) is 2. The van der Waals surface area contributed by atoms with E-state index < -0.39 is 17.8 Å². The lowest BCUT2D eigenvalue weighted by Crippen LogP contribution is -2.34. The van der Waals surface area contributed by atoms with E-state index in [9.17, 15) is 14.7 Å². The molecular formula is C18H17ClN2O3S. The van der Waals surface area contributed by atoms with Gasteiger partial charge in [0.05, 0.1) is 17.5 Å². The second-order valence-corrected chi connectivity index (χ2v) is 7.56. The van der Waals surface area contributed by atoms with Gasteiger partial charge in [0.25, 0.3) is 0 Å². The molecule has 0 spiro atoms. The van der Waals surface area contributed by atoms with Crippen molar-refractivity contribution in [3.05, 3.63) is 46.3 Å². The van der Waals surface area contributed by atoms with Crippen molar-refractivity contribution in [3.63, 3.8) is 0 Å². The summed E-state index contributed by atoms with van der Waals surface area (Å²) >= 11 is 7.39. The Labute approximate surface area is 154 Å². The number of allylic oxidation sites excluding steroid dienone is 2. The van der Waals surface area contributed by atoms with Gasteiger partial charge in [-0.15, -0.1) is 11.3 Å². The van der Waals surface area contributed by atoms with Crippen LogP contribution in [-0.4, -0.2) is 22.0 Å². The first kappa shape index (κ1) is 17.6. The highest BCUT2D eigenvalue weighted by Gasteiger charge is 2.34. The first-order chi connectivity index (χ1) is 12.0. The summed E-state index contributed by atoms with van der Waals surface area (Å²) in [5.74, 6) is -2.53. The smallest absolute Gasteiger partial charge is 0.307 e. The number of carbonyl (C=O) groups excluding carboxylic acids is 1. The zero-order valence-electron chi connectivity index (χ0n) is 13.5. The summed E-state index contributed by atoms with van der Waals surface area (Å²) in [7, 11) is 0. The van der Waals surface area contributed by atoms with Crippen LogP contribution < -0.4 is 5.32 Å². The molecule has 0 radical (unpaired) electrons. The first-order valence-corrected chi connectivity index (χ1v) is 9.07. The first-order valence-electron chi connectivity index (χ1n) is 7.87. The zero-order valence-corrected chi connectivity index (χ0v) is 15.1. The number of rotatable bonds is 4. The number of aromatic nitrogens is 1. The van der Waals surface area contributed by atoms with Crippen molar-refractivity contribution in [2.24, 2.45) is 11.8 Å². The Morgan fingerprint density at radius 3 is 2.68 bits per heavy atom. The fourth-order valence-corrected chi connectivity index (χ4v) is 3.96. The number of amides is 1. The van der Waals surface area contributed by atoms with Crippen molar-refractivity contribution in [3.8, 4) is 11.3 Å². The van der Waals surface area contributed by atoms with E-state index in [2.05, 4.69) is 10.3 Å². The Hall–Kier alpha value is -2.18. The Morgan fingerprint density at radius 1 is 1.28 bits per heavy atom. The Kier molecular flexibility index (Phi) is 5.20. The third-order valence-corrected chi connectivity index (χ3v) is 5.33. The van der Waals surface area contributed by atoms with Crippen LogP contribution in [0.4, 0.5) is 5.13 Å². The molecule has 25 heavy (non-hydrogen) atoms. The lowest BCUT2D eigenvalue weighted by atomic mass is 9.82. The van der Waals surface area contributed by atoms with Gasteiger partial charge < -0.3 is 10.4 Å². The van der Waals surface area contributed by atoms with Gasteiger partial charge in [-0.05, 0) is 31.9 Å². The molecule has 0 saturated carbocycles. The maximum Gasteiger partial charge on any atom is 0.307 e. The molecule has 0 saturated heterocycles. The van der Waals surface area contributed by atoms with Crippen LogP contribution in [0, 0.1) is 18.8 Å². The molecular weight excluding hydrogens is 360 g/mol. The predicted octanol–water partition coefficient (Wildman–Crippen LogP) is 4.38. The minimum atomic E-state index is -0.945. The number of nitrogens with one attached hydrogen (secondary N) is 1. The molecule has 2 aromatic rings. The van der Waals surface area contributed by atoms with E-state index in [4.69, 9.17) is 11.6 Å². The normalized spacial score (nSPS) is 19.6. The SMILES string of the molecule is Cc1sc(NC(=O)C2CC=CCC2C(=O)O)nc1-c1cccc(Cl)c1. The number of carbonyl (C=O) groups is 2. The third kappa shape index (κ3) is 3.91. The highest BCUT2D eigenvalue weighted by molar-refractivity contribution is 7.16. The van der Waals surface area contributed by atoms with E-state index >= 15 is 0 Å². The van der Waals surface area contributed by atoms with Gasteiger partial charge in [0.15, 0.2) is 5.13 Å². The van der Waals surface area contributed by atoms with E-state index in [1.54, 1.807) is 6.07 Å². The molecule has 1 amide bonds. The van der Waals surface area contributed by atoms with Crippen LogP contribution in [-0.2, 0) is 9.59 Å². The Balaban J connectivity index is 1.79. The number of anilines is 1. The highest BCUT2D eigenvalue weighted by Crippen LogP contribution is 2.33. The maximum atomic E-state index is 12.5. The molecule has 1 heterocycles. The summed E-state index contributed by atoms with van der Waals surface area (Å²) in [6, 6.07) is 7.37. The molecule has 1 aliphatic rings. The van der Waals surface area contributed by atoms with Gasteiger partial charge in [0.1, 0.15) is 0 Å². The summed E-state index contributed by atoms with van der Waals surface area (Å²) in [6.07, 6.45) is 4.47. The highest BCUT2D eigenvalue weighted by atomic mass is 35.5. The van der Waals surface area contributed by atoms with E-state index in [1.807, 2.05) is 37.3 Å². The second kappa shape index (κ2) is 7.37. The molecule has 1 aromatic carbocycles. The molecule has 5 nitrogen and oxygen atoms in total. The van der Waals surface area contributed by atoms with Crippen LogP contribution in [0.3, 0.4) is 0 Å². The maximum absolute atomic E-state index is 12.5. The monoisotopic (exact) mass is 376 g/mol. The van der Waals surface area contributed by atoms with Crippen molar-refractivity contribution in [1.82, 2.24) is 4.98 Å². The number of hydrogen-bond acceptors (Lipinski definition) is 4. The molecule has 1 aliphatic carbocycles. The average molecular weight is 377 g/mol. The fraction of sp³-hybridized carbons (Fsp3) is 0.278. The average Bonchev–Trinajstić information content (AvgIpc) is 2.95. The van der Waals surface area contributed by atoms with Crippen LogP contribution in [0.15, 0.2) is 36.4 Å². The zero-order chi connectivity index (χ0) is 18.0. The predicted molar refractivity (Wildman–Crippen MR) is 98.9 cm³/mol. The summed E-state index contributed by atoms with van der Waals surface area (Å²) < 4.78 is 0. The van der Waals surface area contributed by atoms with E-state index in [-0.39, 0.29) is 5.91 Å². The number of nitrogens with zero attached hydrogens (tertiary/aromatic N) is 1. The molecule has 130 valence electrons. The van der Waals surface area contributed by atoms with Crippen molar-refractivity contribution >= 4 is 39.9 Å². The molecule has 3 rings (SSSR count). The Morgan fingerprint density at radius 2 is 2.00 bits per heavy atom. The summed E-state index contributed by atoms with van der Waals surface area (Å²) in [4.78, 5) is 29.3. The van der Waals surface area contributed by atoms with Gasteiger partial charge in [-0.3, -0.25) is 9.59 Å². The van der Waals surface area contributed by atoms with Crippen LogP contribution >= 0.6 is 22.9 Å². The molecule has 1 aromatic heterocycles. The van der Waals surface area contributed by atoms with Gasteiger partial charge in [-0.1, -0.05) is 35.9 Å². The second-order valence-electron chi connectivity index (χ2n) is 5.92. The molecule has 2 unspecified atom stereocenters. The lowest BCUT2D eigenvalue weighted by molar-refractivity contribution is -0.146. The topological polar surface area (TPSA) is 79.3 Å². The van der Waals surface area contributed by atoms with Crippen molar-refractivity contribution < 1.29 is 14.7 Å². The van der Waals surface area contributed by atoms with Crippen molar-refractivity contribution in [2.45, 2.75) is 19.8 Å². The van der Waals surface area contributed by atoms with E-state index in [0.717, 1.165) is 16.1 Å². The number of benzene rings is 1. The molecule has 7 heteroatoms. The van der Waals surface area contributed by atoms with Gasteiger partial charge in [-0.2, -0.15) is 0 Å². The summed E-state index contributed by atoms with van der Waals surface area (Å²) in [5.41, 5.74) is 1.65. The molecule has 0 bridgehead atoms.